The van der Waals surface area contributed by atoms with Crippen molar-refractivity contribution in [3.63, 3.8) is 0 Å². The zero-order valence-electron chi connectivity index (χ0n) is 9.43. The summed E-state index contributed by atoms with van der Waals surface area (Å²) in [5.74, 6) is -1.72. The van der Waals surface area contributed by atoms with Crippen LogP contribution in [0.1, 0.15) is 47.8 Å². The van der Waals surface area contributed by atoms with Crippen molar-refractivity contribution >= 4 is 11.9 Å². The standard InChI is InChI=1S/C10H14N2O4/c1-4-16-10(15)8-5-7(9(13)14)11-12(8)6(2)3/h5-6H,4H2,1-3H3,(H,13,14). The van der Waals surface area contributed by atoms with E-state index >= 15 is 0 Å². The molecule has 1 heterocycles. The van der Waals surface area contributed by atoms with Gasteiger partial charge in [0.05, 0.1) is 6.61 Å². The number of carbonyl (C=O) groups is 2. The third-order valence-corrected chi connectivity index (χ3v) is 1.93. The number of nitrogens with zero attached hydrogens (tertiary/aromatic N) is 2. The maximum Gasteiger partial charge on any atom is 0.356 e. The van der Waals surface area contributed by atoms with Gasteiger partial charge in [-0.3, -0.25) is 4.68 Å². The van der Waals surface area contributed by atoms with Crippen LogP contribution in [-0.4, -0.2) is 33.4 Å². The molecule has 16 heavy (non-hydrogen) atoms. The lowest BCUT2D eigenvalue weighted by atomic mass is 10.3. The van der Waals surface area contributed by atoms with Crippen LogP contribution in [0.4, 0.5) is 0 Å². The summed E-state index contributed by atoms with van der Waals surface area (Å²) in [5.41, 5.74) is 0.00556. The van der Waals surface area contributed by atoms with Gasteiger partial charge in [-0.25, -0.2) is 9.59 Å². The lowest BCUT2D eigenvalue weighted by Gasteiger charge is -2.09. The summed E-state index contributed by atoms with van der Waals surface area (Å²) >= 11 is 0. The molecule has 1 rings (SSSR count). The smallest absolute Gasteiger partial charge is 0.356 e. The van der Waals surface area contributed by atoms with E-state index in [-0.39, 0.29) is 24.0 Å². The number of hydrogen-bond donors (Lipinski definition) is 1. The van der Waals surface area contributed by atoms with Gasteiger partial charge in [0.1, 0.15) is 5.69 Å². The monoisotopic (exact) mass is 226 g/mol. The molecule has 1 N–H and O–H groups in total. The topological polar surface area (TPSA) is 81.4 Å². The van der Waals surface area contributed by atoms with E-state index in [1.54, 1.807) is 20.8 Å². The average Bonchev–Trinajstić information content (AvgIpc) is 2.62. The van der Waals surface area contributed by atoms with Gasteiger partial charge < -0.3 is 9.84 Å². The molecular formula is C10H14N2O4. The highest BCUT2D eigenvalue weighted by Gasteiger charge is 2.20. The minimum atomic E-state index is -1.16. The largest absolute Gasteiger partial charge is 0.476 e. The van der Waals surface area contributed by atoms with E-state index < -0.39 is 11.9 Å². The summed E-state index contributed by atoms with van der Waals surface area (Å²) < 4.78 is 6.17. The number of aromatic carboxylic acids is 1. The summed E-state index contributed by atoms with van der Waals surface area (Å²) in [4.78, 5) is 22.3. The molecule has 0 aromatic carbocycles. The Morgan fingerprint density at radius 1 is 1.56 bits per heavy atom. The van der Waals surface area contributed by atoms with Crippen molar-refractivity contribution in [1.82, 2.24) is 9.78 Å². The van der Waals surface area contributed by atoms with Crippen molar-refractivity contribution in [2.75, 3.05) is 6.61 Å². The molecule has 0 amide bonds. The molecule has 88 valence electrons. The van der Waals surface area contributed by atoms with Crippen LogP contribution in [0.5, 0.6) is 0 Å². The van der Waals surface area contributed by atoms with E-state index in [1.165, 1.54) is 10.7 Å². The number of ether oxygens (including phenoxy) is 1. The van der Waals surface area contributed by atoms with Crippen LogP contribution in [0.25, 0.3) is 0 Å². The van der Waals surface area contributed by atoms with Crippen molar-refractivity contribution < 1.29 is 19.4 Å². The number of carboxylic acids is 1. The van der Waals surface area contributed by atoms with Crippen molar-refractivity contribution in [2.45, 2.75) is 26.8 Å². The van der Waals surface area contributed by atoms with Crippen molar-refractivity contribution in [1.29, 1.82) is 0 Å². The fourth-order valence-corrected chi connectivity index (χ4v) is 1.25. The van der Waals surface area contributed by atoms with Crippen molar-refractivity contribution in [2.24, 2.45) is 0 Å². The SMILES string of the molecule is CCOC(=O)c1cc(C(=O)O)nn1C(C)C. The predicted molar refractivity (Wildman–Crippen MR) is 55.5 cm³/mol. The predicted octanol–water partition coefficient (Wildman–Crippen LogP) is 1.34. The molecule has 0 unspecified atom stereocenters. The summed E-state index contributed by atoms with van der Waals surface area (Å²) in [5, 5.41) is 12.6. The third kappa shape index (κ3) is 2.39. The van der Waals surface area contributed by atoms with Gasteiger partial charge in [-0.15, -0.1) is 0 Å². The van der Waals surface area contributed by atoms with Crippen LogP contribution in [0.2, 0.25) is 0 Å². The molecule has 0 spiro atoms. The second-order valence-electron chi connectivity index (χ2n) is 3.48. The minimum Gasteiger partial charge on any atom is -0.476 e. The summed E-state index contributed by atoms with van der Waals surface area (Å²) in [6, 6.07) is 1.12. The number of carboxylic acid groups (broad SMARTS) is 1. The first-order valence-electron chi connectivity index (χ1n) is 4.97. The second kappa shape index (κ2) is 4.78. The molecule has 0 bridgehead atoms. The first-order chi connectivity index (χ1) is 7.47. The van der Waals surface area contributed by atoms with Crippen LogP contribution >= 0.6 is 0 Å². The third-order valence-electron chi connectivity index (χ3n) is 1.93. The Hall–Kier alpha value is -1.85. The molecule has 0 saturated carbocycles. The Balaban J connectivity index is 3.15. The molecule has 1 aromatic rings. The van der Waals surface area contributed by atoms with Gasteiger partial charge in [-0.05, 0) is 20.8 Å². The number of hydrogen-bond acceptors (Lipinski definition) is 4. The Morgan fingerprint density at radius 3 is 2.62 bits per heavy atom. The van der Waals surface area contributed by atoms with Gasteiger partial charge in [0.15, 0.2) is 5.69 Å². The van der Waals surface area contributed by atoms with Gasteiger partial charge >= 0.3 is 11.9 Å². The average molecular weight is 226 g/mol. The van der Waals surface area contributed by atoms with E-state index in [0.717, 1.165) is 0 Å². The second-order valence-corrected chi connectivity index (χ2v) is 3.48. The van der Waals surface area contributed by atoms with E-state index in [9.17, 15) is 9.59 Å². The van der Waals surface area contributed by atoms with Crippen molar-refractivity contribution in [3.8, 4) is 0 Å². The molecule has 0 aliphatic carbocycles. The van der Waals surface area contributed by atoms with E-state index in [2.05, 4.69) is 5.10 Å². The van der Waals surface area contributed by atoms with Crippen LogP contribution in [0, 0.1) is 0 Å². The molecule has 0 fully saturated rings. The van der Waals surface area contributed by atoms with Crippen LogP contribution in [0.3, 0.4) is 0 Å². The summed E-state index contributed by atoms with van der Waals surface area (Å²) in [6.45, 7) is 5.54. The van der Waals surface area contributed by atoms with Gasteiger partial charge in [-0.2, -0.15) is 5.10 Å². The highest BCUT2D eigenvalue weighted by atomic mass is 16.5. The fraction of sp³-hybridized carbons (Fsp3) is 0.500. The molecule has 0 aliphatic rings. The molecule has 0 saturated heterocycles. The number of esters is 1. The molecule has 0 aliphatic heterocycles. The van der Waals surface area contributed by atoms with Crippen LogP contribution in [0.15, 0.2) is 6.07 Å². The molecule has 6 nitrogen and oxygen atoms in total. The van der Waals surface area contributed by atoms with E-state index in [1.807, 2.05) is 0 Å². The van der Waals surface area contributed by atoms with Crippen LogP contribution in [-0.2, 0) is 4.74 Å². The maximum atomic E-state index is 11.5. The Bertz CT molecular complexity index is 409. The number of carbonyl (C=O) groups excluding carboxylic acids is 1. The molecule has 6 heteroatoms. The van der Waals surface area contributed by atoms with Gasteiger partial charge in [-0.1, -0.05) is 0 Å². The van der Waals surface area contributed by atoms with Gasteiger partial charge in [0, 0.05) is 12.1 Å². The van der Waals surface area contributed by atoms with Crippen LogP contribution < -0.4 is 0 Å². The van der Waals surface area contributed by atoms with E-state index in [0.29, 0.717) is 0 Å². The first-order valence-corrected chi connectivity index (χ1v) is 4.97. The molecule has 0 atom stereocenters. The zero-order chi connectivity index (χ0) is 12.3. The lowest BCUT2D eigenvalue weighted by Crippen LogP contribution is -2.14. The number of rotatable bonds is 4. The quantitative estimate of drug-likeness (QED) is 0.783. The highest BCUT2D eigenvalue weighted by molar-refractivity contribution is 5.92. The molecule has 0 radical (unpaired) electrons. The zero-order valence-corrected chi connectivity index (χ0v) is 9.43. The Morgan fingerprint density at radius 2 is 2.19 bits per heavy atom. The molecular weight excluding hydrogens is 212 g/mol. The van der Waals surface area contributed by atoms with Gasteiger partial charge in [0.2, 0.25) is 0 Å². The highest BCUT2D eigenvalue weighted by Crippen LogP contribution is 2.12. The van der Waals surface area contributed by atoms with Gasteiger partial charge in [0.25, 0.3) is 0 Å². The lowest BCUT2D eigenvalue weighted by molar-refractivity contribution is 0.0509. The van der Waals surface area contributed by atoms with E-state index in [4.69, 9.17) is 9.84 Å². The maximum absolute atomic E-state index is 11.5. The first kappa shape index (κ1) is 12.2. The Kier molecular flexibility index (Phi) is 3.65. The van der Waals surface area contributed by atoms with Crippen molar-refractivity contribution in [3.05, 3.63) is 17.5 Å². The molecule has 1 aromatic heterocycles. The minimum absolute atomic E-state index is 0.104. The summed E-state index contributed by atoms with van der Waals surface area (Å²) in [6.07, 6.45) is 0. The Labute approximate surface area is 92.8 Å². The normalized spacial score (nSPS) is 10.5. The number of aromatic nitrogens is 2. The fourth-order valence-electron chi connectivity index (χ4n) is 1.25. The summed E-state index contributed by atoms with van der Waals surface area (Å²) in [7, 11) is 0.